The summed E-state index contributed by atoms with van der Waals surface area (Å²) >= 11 is 0. The van der Waals surface area contributed by atoms with Crippen LogP contribution in [0, 0.1) is 0 Å². The monoisotopic (exact) mass is 1900 g/mol. The molecule has 0 saturated heterocycles. The van der Waals surface area contributed by atoms with Gasteiger partial charge in [-0.05, 0) is 279 Å². The topological polar surface area (TPSA) is 158 Å². The van der Waals surface area contributed by atoms with Gasteiger partial charge in [0, 0.05) is 74.0 Å². The third-order valence-corrected chi connectivity index (χ3v) is 31.5. The fourth-order valence-electron chi connectivity index (χ4n) is 24.7. The Morgan fingerprint density at radius 3 is 0.375 bits per heavy atom. The van der Waals surface area contributed by atoms with Crippen molar-refractivity contribution in [1.82, 2.24) is 0 Å². The summed E-state index contributed by atoms with van der Waals surface area (Å²) < 4.78 is 39.7. The zero-order valence-electron chi connectivity index (χ0n) is 81.8. The van der Waals surface area contributed by atoms with Gasteiger partial charge in [0.05, 0.1) is 0 Å². The minimum atomic E-state index is -0.528. The lowest BCUT2D eigenvalue weighted by Gasteiger charge is -2.19. The second kappa shape index (κ2) is 43.1. The Hall–Kier alpha value is -14.9. The average Bonchev–Trinajstić information content (AvgIpc) is 1.19. The largest absolute Gasteiger partial charge is 0.422 e. The van der Waals surface area contributed by atoms with Crippen LogP contribution in [-0.4, -0.2) is 35.8 Å². The molecule has 144 heavy (non-hydrogen) atoms. The molecule has 16 aromatic carbocycles. The van der Waals surface area contributed by atoms with Crippen molar-refractivity contribution >= 4 is 68.1 Å². The lowest BCUT2D eigenvalue weighted by atomic mass is 9.91. The first kappa shape index (κ1) is 94.0. The molecule has 0 atom stereocenters. The second-order valence-corrected chi connectivity index (χ2v) is 40.3. The number of benzene rings is 16. The highest BCUT2D eigenvalue weighted by molar-refractivity contribution is 6.27. The van der Waals surface area contributed by atoms with E-state index in [9.17, 15) is 0 Å². The lowest BCUT2D eigenvalue weighted by molar-refractivity contribution is -0.137. The molecule has 0 N–H and O–H groups in total. The molecule has 0 spiro atoms. The van der Waals surface area contributed by atoms with Gasteiger partial charge in [-0.25, -0.2) is 0 Å². The molecular weight excluding hydrogens is 1780 g/mol. The first-order valence-electron chi connectivity index (χ1n) is 52.9. The highest BCUT2D eigenvalue weighted by Gasteiger charge is 2.36. The van der Waals surface area contributed by atoms with E-state index in [1.165, 1.54) is 134 Å². The highest BCUT2D eigenvalue weighted by Crippen LogP contribution is 2.56. The molecule has 0 amide bonds. The Balaban J connectivity index is 0.603. The first-order chi connectivity index (χ1) is 71.0. The van der Waals surface area contributed by atoms with Gasteiger partial charge in [0.15, 0.2) is 34.5 Å². The van der Waals surface area contributed by atoms with Crippen molar-refractivity contribution in [2.24, 2.45) is 0 Å². The minimum absolute atomic E-state index is 0.0179. The van der Waals surface area contributed by atoms with Crippen LogP contribution in [0.25, 0.3) is 99.1 Å². The van der Waals surface area contributed by atoms with E-state index in [4.69, 9.17) is 28.4 Å². The fraction of sp³-hybridized carbons (Fsp3) is 0.273. The molecule has 0 bridgehead atoms. The molecule has 6 aliphatic carbocycles. The van der Waals surface area contributed by atoms with E-state index in [1.807, 2.05) is 0 Å². The van der Waals surface area contributed by atoms with Gasteiger partial charge in [0.25, 0.3) is 0 Å². The molecule has 0 radical (unpaired) electrons. The van der Waals surface area contributed by atoms with Crippen LogP contribution in [0.3, 0.4) is 0 Å². The van der Waals surface area contributed by atoms with Crippen molar-refractivity contribution < 1.29 is 57.2 Å². The number of esters is 6. The molecule has 12 nitrogen and oxygen atoms in total. The Labute approximate surface area is 843 Å². The summed E-state index contributed by atoms with van der Waals surface area (Å²) in [6.07, 6.45) is 18.6. The summed E-state index contributed by atoms with van der Waals surface area (Å²) in [7, 11) is 0. The van der Waals surface area contributed by atoms with Gasteiger partial charge < -0.3 is 28.4 Å². The van der Waals surface area contributed by atoms with E-state index in [2.05, 4.69) is 291 Å². The van der Waals surface area contributed by atoms with Crippen LogP contribution in [0.1, 0.15) is 295 Å². The number of rotatable bonds is 42. The SMILES string of the molecule is O=C(CCCCCC1c2ccccc2-c2ccccc21)Oc1cc2c3cc(OC(=O)CCCCCC4c5ccccc5-c5ccccc54)c(OC(=O)CCCCCC4c5ccccc5-c5ccccc54)cc3c3cc(OC(=O)CCCCCC4c5ccccc5-c5ccccc54)c(OC(=O)CCCCCC4c5ccccc5-c5ccccc54)cc3c2cc1OC(=O)CCCCCC1c2ccccc2-c2ccccc21. The van der Waals surface area contributed by atoms with E-state index in [0.717, 1.165) is 116 Å². The smallest absolute Gasteiger partial charge is 0.311 e. The van der Waals surface area contributed by atoms with Crippen molar-refractivity contribution in [3.8, 4) is 101 Å². The van der Waals surface area contributed by atoms with Crippen LogP contribution in [0.4, 0.5) is 0 Å². The molecule has 22 rings (SSSR count). The van der Waals surface area contributed by atoms with E-state index in [-0.39, 0.29) is 109 Å². The van der Waals surface area contributed by atoms with E-state index < -0.39 is 35.8 Å². The van der Waals surface area contributed by atoms with Crippen LogP contribution in [0.15, 0.2) is 328 Å². The lowest BCUT2D eigenvalue weighted by Crippen LogP contribution is -2.13. The summed E-state index contributed by atoms with van der Waals surface area (Å²) in [6, 6.07) is 114. The second-order valence-electron chi connectivity index (χ2n) is 40.3. The van der Waals surface area contributed by atoms with E-state index >= 15 is 28.8 Å². The highest BCUT2D eigenvalue weighted by atomic mass is 16.6. The van der Waals surface area contributed by atoms with Crippen molar-refractivity contribution in [2.45, 2.75) is 228 Å². The summed E-state index contributed by atoms with van der Waals surface area (Å²) in [5, 5.41) is 2.77. The van der Waals surface area contributed by atoms with Crippen molar-refractivity contribution in [3.05, 3.63) is 394 Å². The Kier molecular flexibility index (Phi) is 28.2. The van der Waals surface area contributed by atoms with Gasteiger partial charge in [-0.15, -0.1) is 0 Å². The van der Waals surface area contributed by atoms with Gasteiger partial charge >= 0.3 is 35.8 Å². The van der Waals surface area contributed by atoms with Gasteiger partial charge in [-0.2, -0.15) is 0 Å². The van der Waals surface area contributed by atoms with Gasteiger partial charge in [-0.1, -0.05) is 368 Å². The molecule has 0 unspecified atom stereocenters. The molecule has 0 fully saturated rings. The molecule has 6 aliphatic rings. The maximum absolute atomic E-state index is 15.0. The molecule has 720 valence electrons. The third kappa shape index (κ3) is 19.6. The Morgan fingerprint density at radius 1 is 0.146 bits per heavy atom. The summed E-state index contributed by atoms with van der Waals surface area (Å²) in [4.78, 5) is 90.0. The van der Waals surface area contributed by atoms with Crippen LogP contribution >= 0.6 is 0 Å². The molecule has 0 saturated carbocycles. The zero-order valence-corrected chi connectivity index (χ0v) is 81.8. The number of hydrogen-bond donors (Lipinski definition) is 0. The van der Waals surface area contributed by atoms with Crippen molar-refractivity contribution in [1.29, 1.82) is 0 Å². The number of hydrogen-bond acceptors (Lipinski definition) is 12. The molecule has 0 aliphatic heterocycles. The summed E-state index contributed by atoms with van der Waals surface area (Å²) in [5.41, 5.74) is 31.0. The standard InChI is InChI=1S/C132H120O12/c133-127(73-13-1-7-43-85-91-49-19-31-61-103(91)104-62-32-20-50-92(85)104)139-121-79-115-116(80-122(121)140-128(134)74-14-2-8-44-86-93-51-21-33-63-105(93)106-64-34-22-52-94(86)106)118-82-124(142-130(136)76-16-4-10-46-88-97-55-25-37-67-109(97)110-68-38-26-56-98(88)110)126(144-132(138)78-18-6-12-48-90-101-59-29-41-71-113(101)114-72-42-30-60-102(90)114)84-120(118)119-83-125(143-131(137)77-17-5-11-47-89-99-57-27-39-69-111(99)112-70-40-28-58-100(89)112)123(81-117(115)119)141-129(135)75-15-3-9-45-87-95-53-23-35-65-107(95)108-66-36-24-54-96(87)108/h19-42,49-72,79-90H,1-18,43-48,73-78H2. The Morgan fingerprint density at radius 2 is 0.257 bits per heavy atom. The molecule has 16 aromatic rings. The maximum atomic E-state index is 15.0. The number of ether oxygens (including phenoxy) is 6. The van der Waals surface area contributed by atoms with Crippen LogP contribution in [0.5, 0.6) is 34.5 Å². The van der Waals surface area contributed by atoms with Gasteiger partial charge in [0.2, 0.25) is 0 Å². The molecule has 0 heterocycles. The fourth-order valence-corrected chi connectivity index (χ4v) is 24.7. The quantitative estimate of drug-likeness (QED) is 0.0155. The van der Waals surface area contributed by atoms with Crippen molar-refractivity contribution in [2.75, 3.05) is 0 Å². The van der Waals surface area contributed by atoms with Crippen molar-refractivity contribution in [3.63, 3.8) is 0 Å². The first-order valence-corrected chi connectivity index (χ1v) is 52.9. The minimum Gasteiger partial charge on any atom is -0.422 e. The average molecular weight is 1900 g/mol. The number of fused-ring (bicyclic) bond motifs is 24. The van der Waals surface area contributed by atoms with Gasteiger partial charge in [-0.3, -0.25) is 28.8 Å². The Bertz CT molecular complexity index is 6130. The number of carbonyl (C=O) groups is 6. The van der Waals surface area contributed by atoms with E-state index in [1.54, 1.807) is 36.4 Å². The molecule has 12 heteroatoms. The maximum Gasteiger partial charge on any atom is 0.311 e. The predicted octanol–water partition coefficient (Wildman–Crippen LogP) is 33.2. The molecule has 0 aromatic heterocycles. The normalized spacial score (nSPS) is 13.4. The third-order valence-electron chi connectivity index (χ3n) is 31.5. The number of unbranched alkanes of at least 4 members (excludes halogenated alkanes) is 12. The van der Waals surface area contributed by atoms with Crippen LogP contribution in [-0.2, 0) is 28.8 Å². The van der Waals surface area contributed by atoms with Crippen LogP contribution < -0.4 is 28.4 Å². The summed E-state index contributed by atoms with van der Waals surface area (Å²) in [5.74, 6) is -1.90. The zero-order chi connectivity index (χ0) is 97.4. The predicted molar refractivity (Wildman–Crippen MR) is 574 cm³/mol. The van der Waals surface area contributed by atoms with Crippen LogP contribution in [0.2, 0.25) is 0 Å². The van der Waals surface area contributed by atoms with E-state index in [0.29, 0.717) is 70.8 Å². The summed E-state index contributed by atoms with van der Waals surface area (Å²) in [6.45, 7) is 0. The van der Waals surface area contributed by atoms with Gasteiger partial charge in [0.1, 0.15) is 0 Å². The number of carbonyl (C=O) groups excluding carboxylic acids is 6. The molecular formula is C132H120O12.